The number of nitrogens with zero attached hydrogens (tertiary/aromatic N) is 3. The highest BCUT2D eigenvalue weighted by molar-refractivity contribution is 6.31. The molecule has 0 radical (unpaired) electrons. The van der Waals surface area contributed by atoms with Gasteiger partial charge >= 0.3 is 0 Å². The van der Waals surface area contributed by atoms with E-state index in [1.165, 1.54) is 0 Å². The number of hydrogen-bond donors (Lipinski definition) is 0. The van der Waals surface area contributed by atoms with Crippen LogP contribution in [0.5, 0.6) is 0 Å². The van der Waals surface area contributed by atoms with Crippen LogP contribution in [0.25, 0.3) is 10.9 Å². The van der Waals surface area contributed by atoms with Gasteiger partial charge in [0, 0.05) is 28.9 Å². The van der Waals surface area contributed by atoms with Crippen LogP contribution in [0.15, 0.2) is 47.5 Å². The minimum atomic E-state index is -0.0539. The van der Waals surface area contributed by atoms with E-state index < -0.39 is 0 Å². The Bertz CT molecular complexity index is 888. The van der Waals surface area contributed by atoms with Gasteiger partial charge in [0.2, 0.25) is 0 Å². The van der Waals surface area contributed by atoms with Gasteiger partial charge in [-0.2, -0.15) is 0 Å². The summed E-state index contributed by atoms with van der Waals surface area (Å²) in [6, 6.07) is 11.0. The number of aryl methyl sites for hydroxylation is 1. The standard InChI is InChI=1S/C17H16ClN3O/c1-11-4-3-5-14(20-11)8-12(2)21-10-19-16-9-13(18)6-7-15(16)17(21)22/h3-7,9-10,12H,8H2,1-2H3/t12-/m0/s1. The zero-order valence-electron chi connectivity index (χ0n) is 12.5. The summed E-state index contributed by atoms with van der Waals surface area (Å²) in [7, 11) is 0. The highest BCUT2D eigenvalue weighted by Crippen LogP contribution is 2.16. The van der Waals surface area contributed by atoms with Crippen molar-refractivity contribution in [2.75, 3.05) is 0 Å². The van der Waals surface area contributed by atoms with Gasteiger partial charge < -0.3 is 0 Å². The van der Waals surface area contributed by atoms with E-state index in [0.29, 0.717) is 22.3 Å². The molecular weight excluding hydrogens is 298 g/mol. The highest BCUT2D eigenvalue weighted by Gasteiger charge is 2.12. The van der Waals surface area contributed by atoms with E-state index in [1.807, 2.05) is 32.0 Å². The second-order valence-corrected chi connectivity index (χ2v) is 5.88. The van der Waals surface area contributed by atoms with E-state index in [1.54, 1.807) is 29.1 Å². The molecule has 2 aromatic heterocycles. The number of aromatic nitrogens is 3. The number of benzene rings is 1. The molecule has 2 heterocycles. The van der Waals surface area contributed by atoms with E-state index in [4.69, 9.17) is 11.6 Å². The lowest BCUT2D eigenvalue weighted by Gasteiger charge is -2.15. The Labute approximate surface area is 133 Å². The Balaban J connectivity index is 1.97. The molecule has 0 unspecified atom stereocenters. The number of pyridine rings is 1. The molecule has 3 rings (SSSR count). The van der Waals surface area contributed by atoms with Crippen LogP contribution in [0.4, 0.5) is 0 Å². The molecule has 112 valence electrons. The summed E-state index contributed by atoms with van der Waals surface area (Å²) >= 11 is 5.94. The van der Waals surface area contributed by atoms with E-state index >= 15 is 0 Å². The lowest BCUT2D eigenvalue weighted by Crippen LogP contribution is -2.25. The van der Waals surface area contributed by atoms with Crippen molar-refractivity contribution in [3.63, 3.8) is 0 Å². The van der Waals surface area contributed by atoms with Crippen molar-refractivity contribution in [1.82, 2.24) is 14.5 Å². The molecule has 0 fully saturated rings. The van der Waals surface area contributed by atoms with Crippen LogP contribution in [0.3, 0.4) is 0 Å². The Morgan fingerprint density at radius 2 is 2.09 bits per heavy atom. The first kappa shape index (κ1) is 14.7. The van der Waals surface area contributed by atoms with Gasteiger partial charge in [0.25, 0.3) is 5.56 Å². The van der Waals surface area contributed by atoms with Crippen LogP contribution in [-0.2, 0) is 6.42 Å². The minimum Gasteiger partial charge on any atom is -0.295 e. The third-order valence-electron chi connectivity index (χ3n) is 3.67. The third-order valence-corrected chi connectivity index (χ3v) is 3.91. The maximum absolute atomic E-state index is 12.6. The molecule has 4 nitrogen and oxygen atoms in total. The van der Waals surface area contributed by atoms with Crippen molar-refractivity contribution >= 4 is 22.5 Å². The monoisotopic (exact) mass is 313 g/mol. The Hall–Kier alpha value is -2.20. The zero-order chi connectivity index (χ0) is 15.7. The van der Waals surface area contributed by atoms with Gasteiger partial charge in [0.05, 0.1) is 17.2 Å². The second kappa shape index (κ2) is 5.89. The average Bonchev–Trinajstić information content (AvgIpc) is 2.47. The normalized spacial score (nSPS) is 12.5. The Morgan fingerprint density at radius 1 is 1.27 bits per heavy atom. The topological polar surface area (TPSA) is 47.8 Å². The molecular formula is C17H16ClN3O. The fraction of sp³-hybridized carbons (Fsp3) is 0.235. The third kappa shape index (κ3) is 2.88. The lowest BCUT2D eigenvalue weighted by molar-refractivity contribution is 0.517. The summed E-state index contributed by atoms with van der Waals surface area (Å²) in [4.78, 5) is 21.4. The zero-order valence-corrected chi connectivity index (χ0v) is 13.2. The average molecular weight is 314 g/mol. The first-order chi connectivity index (χ1) is 10.5. The molecule has 0 aliphatic carbocycles. The van der Waals surface area contributed by atoms with Crippen LogP contribution < -0.4 is 5.56 Å². The summed E-state index contributed by atoms with van der Waals surface area (Å²) < 4.78 is 1.65. The van der Waals surface area contributed by atoms with Crippen molar-refractivity contribution in [2.45, 2.75) is 26.3 Å². The smallest absolute Gasteiger partial charge is 0.261 e. The van der Waals surface area contributed by atoms with Gasteiger partial charge in [-0.15, -0.1) is 0 Å². The summed E-state index contributed by atoms with van der Waals surface area (Å²) in [5.74, 6) is 0. The van der Waals surface area contributed by atoms with Gasteiger partial charge in [-0.3, -0.25) is 14.3 Å². The molecule has 0 saturated carbocycles. The molecule has 0 aliphatic heterocycles. The number of fused-ring (bicyclic) bond motifs is 1. The molecule has 0 aliphatic rings. The molecule has 0 spiro atoms. The summed E-state index contributed by atoms with van der Waals surface area (Å²) in [6.45, 7) is 3.95. The second-order valence-electron chi connectivity index (χ2n) is 5.44. The van der Waals surface area contributed by atoms with Crippen molar-refractivity contribution in [3.8, 4) is 0 Å². The molecule has 0 saturated heterocycles. The van der Waals surface area contributed by atoms with Gasteiger partial charge in [0.15, 0.2) is 0 Å². The van der Waals surface area contributed by atoms with Gasteiger partial charge in [-0.05, 0) is 44.2 Å². The molecule has 0 N–H and O–H groups in total. The maximum Gasteiger partial charge on any atom is 0.261 e. The molecule has 1 aromatic carbocycles. The Kier molecular flexibility index (Phi) is 3.94. The highest BCUT2D eigenvalue weighted by atomic mass is 35.5. The largest absolute Gasteiger partial charge is 0.295 e. The predicted octanol–water partition coefficient (Wildman–Crippen LogP) is 3.56. The van der Waals surface area contributed by atoms with Crippen LogP contribution in [0, 0.1) is 6.92 Å². The number of hydrogen-bond acceptors (Lipinski definition) is 3. The summed E-state index contributed by atoms with van der Waals surface area (Å²) in [5.41, 5.74) is 2.51. The van der Waals surface area contributed by atoms with Crippen molar-refractivity contribution in [1.29, 1.82) is 0 Å². The minimum absolute atomic E-state index is 0.0191. The van der Waals surface area contributed by atoms with Crippen LogP contribution in [-0.4, -0.2) is 14.5 Å². The number of rotatable bonds is 3. The predicted molar refractivity (Wildman–Crippen MR) is 88.4 cm³/mol. The SMILES string of the molecule is Cc1cccc(C[C@H](C)n2cnc3cc(Cl)ccc3c2=O)n1. The lowest BCUT2D eigenvalue weighted by atomic mass is 10.1. The molecule has 3 aromatic rings. The molecule has 22 heavy (non-hydrogen) atoms. The van der Waals surface area contributed by atoms with E-state index in [2.05, 4.69) is 9.97 Å². The fourth-order valence-corrected chi connectivity index (χ4v) is 2.70. The van der Waals surface area contributed by atoms with Gasteiger partial charge in [-0.1, -0.05) is 17.7 Å². The Morgan fingerprint density at radius 3 is 2.86 bits per heavy atom. The quantitative estimate of drug-likeness (QED) is 0.743. The fourth-order valence-electron chi connectivity index (χ4n) is 2.54. The van der Waals surface area contributed by atoms with E-state index in [9.17, 15) is 4.79 Å². The first-order valence-electron chi connectivity index (χ1n) is 7.13. The van der Waals surface area contributed by atoms with Crippen molar-refractivity contribution < 1.29 is 0 Å². The molecule has 5 heteroatoms. The van der Waals surface area contributed by atoms with Crippen LogP contribution in [0.1, 0.15) is 24.4 Å². The van der Waals surface area contributed by atoms with Crippen LogP contribution in [0.2, 0.25) is 5.02 Å². The maximum atomic E-state index is 12.6. The first-order valence-corrected chi connectivity index (χ1v) is 7.51. The van der Waals surface area contributed by atoms with Gasteiger partial charge in [0.1, 0.15) is 0 Å². The van der Waals surface area contributed by atoms with Crippen molar-refractivity contribution in [2.24, 2.45) is 0 Å². The van der Waals surface area contributed by atoms with Gasteiger partial charge in [-0.25, -0.2) is 4.98 Å². The molecule has 1 atom stereocenters. The molecule has 0 amide bonds. The molecule has 0 bridgehead atoms. The summed E-state index contributed by atoms with van der Waals surface area (Å²) in [5, 5.41) is 1.16. The van der Waals surface area contributed by atoms with Crippen molar-refractivity contribution in [3.05, 3.63) is 69.5 Å². The van der Waals surface area contributed by atoms with Crippen LogP contribution >= 0.6 is 11.6 Å². The van der Waals surface area contributed by atoms with E-state index in [-0.39, 0.29) is 11.6 Å². The van der Waals surface area contributed by atoms with E-state index in [0.717, 1.165) is 11.4 Å². The summed E-state index contributed by atoms with van der Waals surface area (Å²) in [6.07, 6.45) is 2.27. The number of halogens is 1.